The first-order chi connectivity index (χ1) is 10.0. The van der Waals surface area contributed by atoms with E-state index in [4.69, 9.17) is 11.6 Å². The third-order valence-corrected chi connectivity index (χ3v) is 4.25. The summed E-state index contributed by atoms with van der Waals surface area (Å²) in [6.45, 7) is 3.73. The highest BCUT2D eigenvalue weighted by Crippen LogP contribution is 2.36. The van der Waals surface area contributed by atoms with Gasteiger partial charge in [-0.25, -0.2) is 4.39 Å². The number of hydrogen-bond acceptors (Lipinski definition) is 2. The summed E-state index contributed by atoms with van der Waals surface area (Å²) in [6.07, 6.45) is 3.35. The summed E-state index contributed by atoms with van der Waals surface area (Å²) in [5, 5.41) is 0.450. The molecular formula is C16H17ClFNOS. The van der Waals surface area contributed by atoms with Gasteiger partial charge in [-0.15, -0.1) is 0 Å². The van der Waals surface area contributed by atoms with E-state index in [2.05, 4.69) is 4.72 Å². The number of halogens is 2. The molecule has 0 bridgehead atoms. The van der Waals surface area contributed by atoms with Crippen LogP contribution in [0.4, 0.5) is 4.39 Å². The quantitative estimate of drug-likeness (QED) is 0.775. The Kier molecular flexibility index (Phi) is 5.48. The number of rotatable bonds is 4. The highest BCUT2D eigenvalue weighted by Gasteiger charge is 2.18. The number of carbonyl (C=O) groups is 1. The molecule has 0 saturated heterocycles. The minimum atomic E-state index is -0.233. The summed E-state index contributed by atoms with van der Waals surface area (Å²) < 4.78 is 17.0. The Balaban J connectivity index is 2.36. The lowest BCUT2D eigenvalue weighted by Gasteiger charge is -2.16. The fourth-order valence-corrected chi connectivity index (χ4v) is 2.77. The van der Waals surface area contributed by atoms with E-state index in [0.29, 0.717) is 21.7 Å². The van der Waals surface area contributed by atoms with Gasteiger partial charge in [-0.05, 0) is 43.5 Å². The lowest BCUT2D eigenvalue weighted by molar-refractivity contribution is 0.0984. The van der Waals surface area contributed by atoms with Crippen LogP contribution in [0, 0.1) is 0 Å². The maximum atomic E-state index is 14.3. The van der Waals surface area contributed by atoms with Gasteiger partial charge in [0.2, 0.25) is 0 Å². The van der Waals surface area contributed by atoms with Gasteiger partial charge in [0, 0.05) is 27.5 Å². The molecule has 2 nitrogen and oxygen atoms in total. The van der Waals surface area contributed by atoms with E-state index in [0.717, 1.165) is 24.2 Å². The predicted molar refractivity (Wildman–Crippen MR) is 88.1 cm³/mol. The average Bonchev–Trinajstić information content (AvgIpc) is 2.48. The van der Waals surface area contributed by atoms with E-state index in [1.165, 1.54) is 11.9 Å². The van der Waals surface area contributed by atoms with Gasteiger partial charge in [0.15, 0.2) is 0 Å². The van der Waals surface area contributed by atoms with E-state index < -0.39 is 0 Å². The van der Waals surface area contributed by atoms with Crippen LogP contribution in [0.1, 0.15) is 42.6 Å². The molecule has 5 heteroatoms. The predicted octanol–water partition coefficient (Wildman–Crippen LogP) is 5.16. The third kappa shape index (κ3) is 3.69. The SMILES string of the molecule is CCSNC(=O)c1ccc(Cl)c(C2=CCCC(C)=C2F)c1. The fourth-order valence-electron chi connectivity index (χ4n) is 2.16. The van der Waals surface area contributed by atoms with Gasteiger partial charge >= 0.3 is 0 Å². The molecular weight excluding hydrogens is 309 g/mol. The number of allylic oxidation sites excluding steroid dienone is 4. The summed E-state index contributed by atoms with van der Waals surface area (Å²) in [7, 11) is 0. The first-order valence-electron chi connectivity index (χ1n) is 6.82. The molecule has 1 aromatic rings. The second-order valence-electron chi connectivity index (χ2n) is 4.81. The van der Waals surface area contributed by atoms with Crippen molar-refractivity contribution < 1.29 is 9.18 Å². The van der Waals surface area contributed by atoms with Crippen molar-refractivity contribution in [3.05, 3.63) is 51.8 Å². The largest absolute Gasteiger partial charge is 0.296 e. The molecule has 0 atom stereocenters. The number of benzene rings is 1. The van der Waals surface area contributed by atoms with E-state index in [9.17, 15) is 9.18 Å². The Morgan fingerprint density at radius 2 is 2.24 bits per heavy atom. The lowest BCUT2D eigenvalue weighted by Crippen LogP contribution is -2.16. The summed E-state index contributed by atoms with van der Waals surface area (Å²) in [5.74, 6) is 0.356. The summed E-state index contributed by atoms with van der Waals surface area (Å²) in [5.41, 5.74) is 2.26. The Morgan fingerprint density at radius 3 is 2.95 bits per heavy atom. The topological polar surface area (TPSA) is 29.1 Å². The van der Waals surface area contributed by atoms with Crippen molar-refractivity contribution in [3.8, 4) is 0 Å². The summed E-state index contributed by atoms with van der Waals surface area (Å²) in [6, 6.07) is 4.94. The van der Waals surface area contributed by atoms with E-state index in [1.807, 2.05) is 13.0 Å². The second-order valence-corrected chi connectivity index (χ2v) is 6.29. The molecule has 0 spiro atoms. The molecule has 21 heavy (non-hydrogen) atoms. The van der Waals surface area contributed by atoms with Crippen molar-refractivity contribution in [1.82, 2.24) is 4.72 Å². The highest BCUT2D eigenvalue weighted by molar-refractivity contribution is 7.97. The van der Waals surface area contributed by atoms with Crippen LogP contribution in [0.25, 0.3) is 5.57 Å². The highest BCUT2D eigenvalue weighted by atomic mass is 35.5. The average molecular weight is 326 g/mol. The van der Waals surface area contributed by atoms with Crippen molar-refractivity contribution in [2.24, 2.45) is 0 Å². The first kappa shape index (κ1) is 16.1. The molecule has 1 N–H and O–H groups in total. The van der Waals surface area contributed by atoms with Crippen LogP contribution < -0.4 is 4.72 Å². The van der Waals surface area contributed by atoms with Gasteiger partial charge in [-0.1, -0.05) is 36.5 Å². The van der Waals surface area contributed by atoms with Crippen LogP contribution in [-0.4, -0.2) is 11.7 Å². The third-order valence-electron chi connectivity index (χ3n) is 3.31. The molecule has 2 rings (SSSR count). The summed E-state index contributed by atoms with van der Waals surface area (Å²) in [4.78, 5) is 12.0. The minimum absolute atomic E-state index is 0.197. The van der Waals surface area contributed by atoms with Crippen molar-refractivity contribution in [3.63, 3.8) is 0 Å². The summed E-state index contributed by atoms with van der Waals surface area (Å²) >= 11 is 7.51. The van der Waals surface area contributed by atoms with Gasteiger partial charge in [-0.2, -0.15) is 0 Å². The Labute approximate surface area is 133 Å². The molecule has 0 aromatic heterocycles. The smallest absolute Gasteiger partial charge is 0.261 e. The number of amides is 1. The monoisotopic (exact) mass is 325 g/mol. The second kappa shape index (κ2) is 7.14. The zero-order valence-electron chi connectivity index (χ0n) is 12.0. The molecule has 1 aliphatic rings. The molecule has 0 aliphatic heterocycles. The van der Waals surface area contributed by atoms with Crippen LogP contribution in [0.2, 0.25) is 5.02 Å². The van der Waals surface area contributed by atoms with Crippen LogP contribution in [0.3, 0.4) is 0 Å². The molecule has 0 saturated carbocycles. The van der Waals surface area contributed by atoms with Crippen molar-refractivity contribution >= 4 is 35.0 Å². The Bertz CT molecular complexity index is 625. The molecule has 0 heterocycles. The van der Waals surface area contributed by atoms with E-state index in [1.54, 1.807) is 25.1 Å². The fraction of sp³-hybridized carbons (Fsp3) is 0.312. The van der Waals surface area contributed by atoms with E-state index in [-0.39, 0.29) is 11.7 Å². The standard InChI is InChI=1S/C16H17ClFNOS/c1-3-21-19-16(20)11-7-8-14(17)13(9-11)12-6-4-5-10(2)15(12)18/h6-9H,3-5H2,1-2H3,(H,19,20). The molecule has 1 aliphatic carbocycles. The zero-order chi connectivity index (χ0) is 15.4. The van der Waals surface area contributed by atoms with Crippen LogP contribution >= 0.6 is 23.5 Å². The van der Waals surface area contributed by atoms with Crippen molar-refractivity contribution in [2.75, 3.05) is 5.75 Å². The normalized spacial score (nSPS) is 15.0. The van der Waals surface area contributed by atoms with Crippen molar-refractivity contribution in [2.45, 2.75) is 26.7 Å². The molecule has 1 amide bonds. The van der Waals surface area contributed by atoms with E-state index >= 15 is 0 Å². The van der Waals surface area contributed by atoms with Crippen LogP contribution in [0.15, 0.2) is 35.7 Å². The van der Waals surface area contributed by atoms with Gasteiger partial charge in [0.1, 0.15) is 5.83 Å². The maximum Gasteiger partial charge on any atom is 0.261 e. The molecule has 112 valence electrons. The molecule has 0 radical (unpaired) electrons. The van der Waals surface area contributed by atoms with Crippen molar-refractivity contribution in [1.29, 1.82) is 0 Å². The Hall–Kier alpha value is -1.26. The van der Waals surface area contributed by atoms with Crippen LogP contribution in [-0.2, 0) is 0 Å². The van der Waals surface area contributed by atoms with Crippen LogP contribution in [0.5, 0.6) is 0 Å². The maximum absolute atomic E-state index is 14.3. The van der Waals surface area contributed by atoms with Gasteiger partial charge in [0.25, 0.3) is 5.91 Å². The number of carbonyl (C=O) groups excluding carboxylic acids is 1. The van der Waals surface area contributed by atoms with Gasteiger partial charge < -0.3 is 0 Å². The first-order valence-corrected chi connectivity index (χ1v) is 8.18. The number of hydrogen-bond donors (Lipinski definition) is 1. The van der Waals surface area contributed by atoms with Gasteiger partial charge in [0.05, 0.1) is 0 Å². The molecule has 1 aromatic carbocycles. The lowest BCUT2D eigenvalue weighted by atomic mass is 9.93. The Morgan fingerprint density at radius 1 is 1.48 bits per heavy atom. The molecule has 0 fully saturated rings. The zero-order valence-corrected chi connectivity index (χ0v) is 13.6. The van der Waals surface area contributed by atoms with Gasteiger partial charge in [-0.3, -0.25) is 9.52 Å². The molecule has 0 unspecified atom stereocenters. The minimum Gasteiger partial charge on any atom is -0.296 e. The number of nitrogens with one attached hydrogen (secondary N) is 1.